The van der Waals surface area contributed by atoms with Gasteiger partial charge in [0.2, 0.25) is 0 Å². The molecule has 0 radical (unpaired) electrons. The Kier molecular flexibility index (Phi) is 4.09. The van der Waals surface area contributed by atoms with Crippen LogP contribution in [-0.2, 0) is 0 Å². The quantitative estimate of drug-likeness (QED) is 0.708. The molecular weight excluding hydrogens is 202 g/mol. The highest BCUT2D eigenvalue weighted by Gasteiger charge is 2.21. The van der Waals surface area contributed by atoms with E-state index in [9.17, 15) is 0 Å². The van der Waals surface area contributed by atoms with Crippen molar-refractivity contribution >= 4 is 11.9 Å². The molecule has 0 amide bonds. The van der Waals surface area contributed by atoms with Gasteiger partial charge in [-0.3, -0.25) is 0 Å². The summed E-state index contributed by atoms with van der Waals surface area (Å²) in [4.78, 5) is 1.37. The van der Waals surface area contributed by atoms with Gasteiger partial charge >= 0.3 is 0 Å². The van der Waals surface area contributed by atoms with E-state index in [2.05, 4.69) is 41.6 Å². The molecule has 82 valence electrons. The maximum Gasteiger partial charge on any atom is 0.0230 e. The van der Waals surface area contributed by atoms with E-state index in [0.29, 0.717) is 0 Å². The molecule has 0 atom stereocenters. The van der Waals surface area contributed by atoms with Crippen molar-refractivity contribution in [3.05, 3.63) is 30.3 Å². The highest BCUT2D eigenvalue weighted by Crippen LogP contribution is 2.31. The van der Waals surface area contributed by atoms with E-state index in [4.69, 9.17) is 0 Å². The van der Waals surface area contributed by atoms with E-state index in [-0.39, 0.29) is 0 Å². The Morgan fingerprint density at radius 1 is 1.20 bits per heavy atom. The van der Waals surface area contributed by atoms with Crippen LogP contribution < -0.4 is 0 Å². The second kappa shape index (κ2) is 5.57. The Morgan fingerprint density at radius 3 is 2.47 bits per heavy atom. The van der Waals surface area contributed by atoms with Gasteiger partial charge in [0.25, 0.3) is 0 Å². The Hall–Kier alpha value is -0.470. The Morgan fingerprint density at radius 2 is 1.87 bits per heavy atom. The summed E-state index contributed by atoms with van der Waals surface area (Å²) in [6.07, 6.45) is 5.59. The van der Waals surface area contributed by atoms with Gasteiger partial charge in [-0.2, -0.15) is 0 Å². The number of nitrogens with zero attached hydrogens (tertiary/aromatic N) is 1. The summed E-state index contributed by atoms with van der Waals surface area (Å²) in [5.74, 6) is 0. The molecule has 2 rings (SSSR count). The molecule has 0 aliphatic heterocycles. The van der Waals surface area contributed by atoms with Crippen LogP contribution in [0, 0.1) is 0 Å². The van der Waals surface area contributed by atoms with Gasteiger partial charge < -0.3 is 0 Å². The van der Waals surface area contributed by atoms with Crippen LogP contribution in [0.2, 0.25) is 0 Å². The number of hydrogen-bond acceptors (Lipinski definition) is 2. The summed E-state index contributed by atoms with van der Waals surface area (Å²) >= 11 is 1.92. The zero-order chi connectivity index (χ0) is 10.5. The van der Waals surface area contributed by atoms with Gasteiger partial charge in [-0.05, 0) is 36.9 Å². The lowest BCUT2D eigenvalue weighted by molar-refractivity contribution is 0.372. The lowest BCUT2D eigenvalue weighted by atomic mass is 10.2. The van der Waals surface area contributed by atoms with E-state index < -0.39 is 0 Å². The summed E-state index contributed by atoms with van der Waals surface area (Å²) in [5.41, 5.74) is 0. The van der Waals surface area contributed by atoms with E-state index >= 15 is 0 Å². The molecule has 15 heavy (non-hydrogen) atoms. The second-order valence-electron chi connectivity index (χ2n) is 4.08. The maximum atomic E-state index is 2.54. The molecule has 1 aromatic carbocycles. The van der Waals surface area contributed by atoms with Crippen LogP contribution in [-0.4, -0.2) is 16.9 Å². The van der Waals surface area contributed by atoms with Crippen molar-refractivity contribution in [1.29, 1.82) is 0 Å². The topological polar surface area (TPSA) is 3.24 Å². The minimum absolute atomic E-state index is 0.806. The second-order valence-corrected chi connectivity index (χ2v) is 5.20. The smallest absolute Gasteiger partial charge is 0.0230 e. The molecule has 0 spiro atoms. The molecule has 0 bridgehead atoms. The van der Waals surface area contributed by atoms with Crippen LogP contribution in [0.5, 0.6) is 0 Å². The van der Waals surface area contributed by atoms with Crippen LogP contribution in [0.15, 0.2) is 35.2 Å². The van der Waals surface area contributed by atoms with Gasteiger partial charge in [-0.15, -0.1) is 0 Å². The summed E-state index contributed by atoms with van der Waals surface area (Å²) < 4.78 is 2.54. The van der Waals surface area contributed by atoms with E-state index in [0.717, 1.165) is 12.6 Å². The molecule has 1 fully saturated rings. The molecule has 0 saturated heterocycles. The van der Waals surface area contributed by atoms with Crippen LogP contribution in [0.1, 0.15) is 32.6 Å². The third kappa shape index (κ3) is 2.99. The zero-order valence-electron chi connectivity index (χ0n) is 9.36. The Balaban J connectivity index is 1.96. The fourth-order valence-corrected chi connectivity index (χ4v) is 3.24. The fraction of sp³-hybridized carbons (Fsp3) is 0.538. The van der Waals surface area contributed by atoms with E-state index in [1.165, 1.54) is 30.6 Å². The number of hydrogen-bond donors (Lipinski definition) is 0. The highest BCUT2D eigenvalue weighted by atomic mass is 32.2. The molecule has 1 saturated carbocycles. The summed E-state index contributed by atoms with van der Waals surface area (Å²) in [6, 6.07) is 11.5. The van der Waals surface area contributed by atoms with Crippen molar-refractivity contribution < 1.29 is 0 Å². The first-order chi connectivity index (χ1) is 7.40. The normalized spacial score (nSPS) is 17.5. The minimum Gasteiger partial charge on any atom is -0.244 e. The van der Waals surface area contributed by atoms with Gasteiger partial charge in [0.15, 0.2) is 0 Å². The standard InChI is InChI=1S/C13H19NS/c1-2-14(12-8-6-7-9-12)15-13-10-4-3-5-11-13/h3-5,10-12H,2,6-9H2,1H3. The third-order valence-electron chi connectivity index (χ3n) is 3.01. The molecule has 0 heterocycles. The zero-order valence-corrected chi connectivity index (χ0v) is 10.2. The number of benzene rings is 1. The van der Waals surface area contributed by atoms with Crippen molar-refractivity contribution in [2.75, 3.05) is 6.54 Å². The Labute approximate surface area is 97.0 Å². The molecule has 0 N–H and O–H groups in total. The predicted octanol–water partition coefficient (Wildman–Crippen LogP) is 3.96. The molecular formula is C13H19NS. The number of rotatable bonds is 4. The highest BCUT2D eigenvalue weighted by molar-refractivity contribution is 7.97. The van der Waals surface area contributed by atoms with Crippen molar-refractivity contribution in [2.45, 2.75) is 43.5 Å². The largest absolute Gasteiger partial charge is 0.244 e. The summed E-state index contributed by atoms with van der Waals surface area (Å²) in [6.45, 7) is 3.40. The molecule has 1 aliphatic carbocycles. The summed E-state index contributed by atoms with van der Waals surface area (Å²) in [5, 5.41) is 0. The van der Waals surface area contributed by atoms with Crippen molar-refractivity contribution in [3.8, 4) is 0 Å². The lowest BCUT2D eigenvalue weighted by Crippen LogP contribution is -2.26. The van der Waals surface area contributed by atoms with Gasteiger partial charge in [0.1, 0.15) is 0 Å². The van der Waals surface area contributed by atoms with Crippen molar-refractivity contribution in [1.82, 2.24) is 4.31 Å². The molecule has 0 aromatic heterocycles. The van der Waals surface area contributed by atoms with Crippen molar-refractivity contribution in [3.63, 3.8) is 0 Å². The minimum atomic E-state index is 0.806. The van der Waals surface area contributed by atoms with Crippen LogP contribution in [0.25, 0.3) is 0 Å². The molecule has 0 unspecified atom stereocenters. The van der Waals surface area contributed by atoms with Gasteiger partial charge in [0, 0.05) is 17.5 Å². The van der Waals surface area contributed by atoms with Gasteiger partial charge in [-0.1, -0.05) is 38.0 Å². The van der Waals surface area contributed by atoms with Gasteiger partial charge in [-0.25, -0.2) is 4.31 Å². The SMILES string of the molecule is CCN(Sc1ccccc1)C1CCCC1. The molecule has 2 heteroatoms. The monoisotopic (exact) mass is 221 g/mol. The first-order valence-corrected chi connectivity index (χ1v) is 6.67. The molecule has 1 aromatic rings. The Bertz CT molecular complexity index is 280. The maximum absolute atomic E-state index is 2.54. The predicted molar refractivity (Wildman–Crippen MR) is 66.9 cm³/mol. The first kappa shape index (κ1) is 11.0. The van der Waals surface area contributed by atoms with Gasteiger partial charge in [0.05, 0.1) is 0 Å². The van der Waals surface area contributed by atoms with Crippen LogP contribution in [0.3, 0.4) is 0 Å². The lowest BCUT2D eigenvalue weighted by Gasteiger charge is -2.25. The fourth-order valence-electron chi connectivity index (χ4n) is 2.21. The van der Waals surface area contributed by atoms with Crippen molar-refractivity contribution in [2.24, 2.45) is 0 Å². The average molecular weight is 221 g/mol. The van der Waals surface area contributed by atoms with E-state index in [1.54, 1.807) is 0 Å². The van der Waals surface area contributed by atoms with E-state index in [1.807, 2.05) is 11.9 Å². The molecule has 1 nitrogen and oxygen atoms in total. The first-order valence-electron chi connectivity index (χ1n) is 5.90. The summed E-state index contributed by atoms with van der Waals surface area (Å²) in [7, 11) is 0. The molecule has 1 aliphatic rings. The van der Waals surface area contributed by atoms with Crippen LogP contribution >= 0.6 is 11.9 Å². The average Bonchev–Trinajstić information content (AvgIpc) is 2.81. The third-order valence-corrected chi connectivity index (χ3v) is 4.28. The van der Waals surface area contributed by atoms with Crippen LogP contribution in [0.4, 0.5) is 0 Å².